The minimum atomic E-state index is 0. The summed E-state index contributed by atoms with van der Waals surface area (Å²) >= 11 is 0. The summed E-state index contributed by atoms with van der Waals surface area (Å²) in [6.07, 6.45) is 3.79. The van der Waals surface area contributed by atoms with Crippen LogP contribution in [0.25, 0.3) is 6.08 Å². The molecule has 106 valence electrons. The molecular formula is C15H23ClN2O. The molecule has 0 amide bonds. The average Bonchev–Trinajstić information content (AvgIpc) is 2.33. The molecule has 0 spiro atoms. The molecule has 0 aliphatic heterocycles. The zero-order chi connectivity index (χ0) is 13.4. The molecule has 1 N–H and O–H groups in total. The van der Waals surface area contributed by atoms with Crippen molar-refractivity contribution in [3.05, 3.63) is 41.6 Å². The molecular weight excluding hydrogens is 260 g/mol. The van der Waals surface area contributed by atoms with Crippen LogP contribution in [0.5, 0.6) is 0 Å². The third-order valence-corrected chi connectivity index (χ3v) is 2.58. The second-order valence-electron chi connectivity index (χ2n) is 5.42. The fourth-order valence-electron chi connectivity index (χ4n) is 1.64. The van der Waals surface area contributed by atoms with Crippen molar-refractivity contribution < 1.29 is 21.7 Å². The second kappa shape index (κ2) is 8.73. The molecule has 0 fully saturated rings. The van der Waals surface area contributed by atoms with Crippen molar-refractivity contribution in [2.75, 3.05) is 34.2 Å². The van der Waals surface area contributed by atoms with Gasteiger partial charge in [-0.05, 0) is 11.6 Å². The van der Waals surface area contributed by atoms with Crippen LogP contribution < -0.4 is 17.7 Å². The van der Waals surface area contributed by atoms with Crippen molar-refractivity contribution in [1.29, 1.82) is 0 Å². The van der Waals surface area contributed by atoms with E-state index in [1.165, 1.54) is 0 Å². The Morgan fingerprint density at radius 3 is 2.37 bits per heavy atom. The highest BCUT2D eigenvalue weighted by molar-refractivity contribution is 5.80. The summed E-state index contributed by atoms with van der Waals surface area (Å²) in [6, 6.07) is 9.86. The van der Waals surface area contributed by atoms with Crippen LogP contribution in [0.3, 0.4) is 0 Å². The van der Waals surface area contributed by atoms with Gasteiger partial charge >= 0.3 is 0 Å². The Hall–Kier alpha value is -1.32. The van der Waals surface area contributed by atoms with Crippen LogP contribution in [-0.2, 0) is 4.79 Å². The highest BCUT2D eigenvalue weighted by Gasteiger charge is 2.05. The molecule has 4 heteroatoms. The summed E-state index contributed by atoms with van der Waals surface area (Å²) in [5.41, 5.74) is 1.68. The van der Waals surface area contributed by atoms with E-state index < -0.39 is 0 Å². The number of hydrogen-bond donors (Lipinski definition) is 1. The van der Waals surface area contributed by atoms with Crippen LogP contribution in [-0.4, -0.2) is 45.0 Å². The second-order valence-corrected chi connectivity index (χ2v) is 5.42. The first-order valence-corrected chi connectivity index (χ1v) is 6.27. The summed E-state index contributed by atoms with van der Waals surface area (Å²) in [6.45, 7) is 1.91. The van der Waals surface area contributed by atoms with Crippen LogP contribution in [0.4, 0.5) is 0 Å². The number of carbonyl (C=O) groups excluding carboxylic acids is 1. The van der Waals surface area contributed by atoms with Gasteiger partial charge in [0.05, 0.1) is 33.4 Å². The van der Waals surface area contributed by atoms with Gasteiger partial charge in [0.1, 0.15) is 0 Å². The van der Waals surface area contributed by atoms with E-state index in [9.17, 15) is 4.79 Å². The van der Waals surface area contributed by atoms with Crippen molar-refractivity contribution in [3.8, 4) is 0 Å². The zero-order valence-corrected chi connectivity index (χ0v) is 12.7. The number of benzene rings is 1. The molecule has 1 rings (SSSR count). The number of nitrogens with one attached hydrogen (secondary N) is 1. The summed E-state index contributed by atoms with van der Waals surface area (Å²) in [7, 11) is 6.50. The fraction of sp³-hybridized carbons (Fsp3) is 0.400. The summed E-state index contributed by atoms with van der Waals surface area (Å²) in [5, 5.41) is 3.17. The Morgan fingerprint density at radius 2 is 1.84 bits per heavy atom. The first kappa shape index (κ1) is 17.7. The van der Waals surface area contributed by atoms with Gasteiger partial charge in [-0.15, -0.1) is 0 Å². The predicted octanol–water partition coefficient (Wildman–Crippen LogP) is -1.08. The summed E-state index contributed by atoms with van der Waals surface area (Å²) < 4.78 is 0.945. The maximum atomic E-state index is 11.0. The lowest BCUT2D eigenvalue weighted by Gasteiger charge is -2.23. The van der Waals surface area contributed by atoms with Crippen LogP contribution in [0.15, 0.2) is 36.0 Å². The third-order valence-electron chi connectivity index (χ3n) is 2.58. The van der Waals surface area contributed by atoms with Gasteiger partial charge in [-0.2, -0.15) is 0 Å². The van der Waals surface area contributed by atoms with Gasteiger partial charge in [0.2, 0.25) is 0 Å². The number of rotatable bonds is 7. The number of quaternary nitrogens is 1. The lowest BCUT2D eigenvalue weighted by Crippen LogP contribution is -3.00. The average molecular weight is 283 g/mol. The van der Waals surface area contributed by atoms with E-state index in [-0.39, 0.29) is 12.4 Å². The van der Waals surface area contributed by atoms with Crippen LogP contribution >= 0.6 is 0 Å². The topological polar surface area (TPSA) is 29.1 Å². The lowest BCUT2D eigenvalue weighted by atomic mass is 10.2. The molecule has 0 atom stereocenters. The van der Waals surface area contributed by atoms with Crippen LogP contribution in [0.2, 0.25) is 0 Å². The molecule has 0 unspecified atom stereocenters. The van der Waals surface area contributed by atoms with E-state index in [0.29, 0.717) is 5.70 Å². The van der Waals surface area contributed by atoms with Crippen molar-refractivity contribution in [1.82, 2.24) is 5.32 Å². The Balaban J connectivity index is 0.00000324. The molecule has 3 nitrogen and oxygen atoms in total. The van der Waals surface area contributed by atoms with Gasteiger partial charge in [-0.1, -0.05) is 30.3 Å². The van der Waals surface area contributed by atoms with Crippen LogP contribution in [0.1, 0.15) is 12.0 Å². The Bertz CT molecular complexity index is 396. The standard InChI is InChI=1S/C15H23N2O.ClH/c1-17(2,3)11-7-10-16-15(13-18)12-14-8-5-4-6-9-14;/h4-6,8-9,12-13,16H,7,10-11H2,1-3H3;1H/q+1;/p-1/b15-12+;. The van der Waals surface area contributed by atoms with Gasteiger partial charge in [0.15, 0.2) is 6.29 Å². The van der Waals surface area contributed by atoms with Gasteiger partial charge < -0.3 is 22.2 Å². The quantitative estimate of drug-likeness (QED) is 0.298. The first-order chi connectivity index (χ1) is 8.51. The van der Waals surface area contributed by atoms with Crippen molar-refractivity contribution in [2.45, 2.75) is 6.42 Å². The Morgan fingerprint density at radius 1 is 1.21 bits per heavy atom. The largest absolute Gasteiger partial charge is 1.00 e. The summed E-state index contributed by atoms with van der Waals surface area (Å²) in [5.74, 6) is 0. The minimum absolute atomic E-state index is 0. The Kier molecular flexibility index (Phi) is 8.12. The maximum Gasteiger partial charge on any atom is 0.165 e. The molecule has 0 saturated heterocycles. The van der Waals surface area contributed by atoms with E-state index in [1.54, 1.807) is 0 Å². The van der Waals surface area contributed by atoms with Crippen molar-refractivity contribution >= 4 is 12.4 Å². The molecule has 0 aliphatic rings. The lowest BCUT2D eigenvalue weighted by molar-refractivity contribution is -0.870. The monoisotopic (exact) mass is 282 g/mol. The molecule has 0 aliphatic carbocycles. The molecule has 0 bridgehead atoms. The van der Waals surface area contributed by atoms with E-state index in [0.717, 1.165) is 35.8 Å². The number of aldehydes is 1. The third kappa shape index (κ3) is 8.41. The van der Waals surface area contributed by atoms with E-state index in [1.807, 2.05) is 36.4 Å². The van der Waals surface area contributed by atoms with Gasteiger partial charge in [0.25, 0.3) is 0 Å². The molecule has 0 radical (unpaired) electrons. The highest BCUT2D eigenvalue weighted by atomic mass is 35.5. The van der Waals surface area contributed by atoms with Gasteiger partial charge in [-0.3, -0.25) is 4.79 Å². The minimum Gasteiger partial charge on any atom is -1.00 e. The molecule has 19 heavy (non-hydrogen) atoms. The van der Waals surface area contributed by atoms with Gasteiger partial charge in [-0.25, -0.2) is 0 Å². The number of halogens is 1. The maximum absolute atomic E-state index is 11.0. The number of carbonyl (C=O) groups is 1. The van der Waals surface area contributed by atoms with E-state index in [4.69, 9.17) is 0 Å². The van der Waals surface area contributed by atoms with Crippen molar-refractivity contribution in [2.24, 2.45) is 0 Å². The van der Waals surface area contributed by atoms with Crippen molar-refractivity contribution in [3.63, 3.8) is 0 Å². The number of hydrogen-bond acceptors (Lipinski definition) is 2. The van der Waals surface area contributed by atoms with E-state index in [2.05, 4.69) is 26.5 Å². The molecule has 0 heterocycles. The normalized spacial score (nSPS) is 11.6. The highest BCUT2D eigenvalue weighted by Crippen LogP contribution is 2.03. The molecule has 1 aromatic carbocycles. The van der Waals surface area contributed by atoms with E-state index >= 15 is 0 Å². The molecule has 1 aromatic rings. The SMILES string of the molecule is C[N+](C)(C)CCCN/C(C=O)=C/c1ccccc1.[Cl-]. The smallest absolute Gasteiger partial charge is 0.165 e. The number of allylic oxidation sites excluding steroid dienone is 1. The Labute approximate surface area is 122 Å². The summed E-state index contributed by atoms with van der Waals surface area (Å²) in [4.78, 5) is 11.0. The molecule has 0 saturated carbocycles. The molecule has 0 aromatic heterocycles. The fourth-order valence-corrected chi connectivity index (χ4v) is 1.64. The van der Waals surface area contributed by atoms with Crippen LogP contribution in [0, 0.1) is 0 Å². The predicted molar refractivity (Wildman–Crippen MR) is 76.0 cm³/mol. The zero-order valence-electron chi connectivity index (χ0n) is 11.9. The first-order valence-electron chi connectivity index (χ1n) is 6.27. The van der Waals surface area contributed by atoms with Gasteiger partial charge in [0, 0.05) is 13.0 Å². The number of nitrogens with zero attached hydrogens (tertiary/aromatic N) is 1.